The number of carbonyl (C=O) groups excluding carboxylic acids is 1. The number of hydrogen-bond acceptors (Lipinski definition) is 2. The molecular weight excluding hydrogens is 360 g/mol. The summed E-state index contributed by atoms with van der Waals surface area (Å²) in [5.74, 6) is 0.725. The summed E-state index contributed by atoms with van der Waals surface area (Å²) >= 11 is 6.77. The van der Waals surface area contributed by atoms with Crippen molar-refractivity contribution in [2.24, 2.45) is 0 Å². The number of ether oxygens (including phenoxy) is 1. The van der Waals surface area contributed by atoms with Gasteiger partial charge in [0, 0.05) is 10.0 Å². The minimum atomic E-state index is 0.492. The van der Waals surface area contributed by atoms with Crippen LogP contribution in [0.2, 0.25) is 0 Å². The van der Waals surface area contributed by atoms with Gasteiger partial charge in [-0.15, -0.1) is 0 Å². The number of benzene rings is 2. The molecule has 92 valence electrons. The van der Waals surface area contributed by atoms with Gasteiger partial charge in [0.15, 0.2) is 0 Å². The van der Waals surface area contributed by atoms with Gasteiger partial charge in [0.1, 0.15) is 18.6 Å². The number of rotatable bonds is 4. The quantitative estimate of drug-likeness (QED) is 0.736. The van der Waals surface area contributed by atoms with E-state index in [9.17, 15) is 4.79 Å². The van der Waals surface area contributed by atoms with Crippen molar-refractivity contribution in [3.63, 3.8) is 0 Å². The smallest absolute Gasteiger partial charge is 0.150 e. The summed E-state index contributed by atoms with van der Waals surface area (Å²) in [6, 6.07) is 13.2. The number of aldehydes is 1. The van der Waals surface area contributed by atoms with Crippen molar-refractivity contribution in [1.29, 1.82) is 0 Å². The Morgan fingerprint density at radius 2 is 1.78 bits per heavy atom. The first-order chi connectivity index (χ1) is 8.69. The van der Waals surface area contributed by atoms with Crippen molar-refractivity contribution < 1.29 is 9.53 Å². The van der Waals surface area contributed by atoms with Gasteiger partial charge in [-0.05, 0) is 51.8 Å². The SMILES string of the molecule is O=Cc1ccc(OCc2ccc(Br)cc2)c(Br)c1. The zero-order chi connectivity index (χ0) is 13.0. The summed E-state index contributed by atoms with van der Waals surface area (Å²) in [5.41, 5.74) is 1.71. The monoisotopic (exact) mass is 368 g/mol. The predicted octanol–water partition coefficient (Wildman–Crippen LogP) is 4.60. The standard InChI is InChI=1S/C14H10Br2O2/c15-12-4-1-10(2-5-12)9-18-14-6-3-11(8-17)7-13(14)16/h1-8H,9H2. The van der Waals surface area contributed by atoms with Crippen molar-refractivity contribution in [3.05, 3.63) is 62.5 Å². The third-order valence-corrected chi connectivity index (χ3v) is 3.55. The molecule has 2 rings (SSSR count). The Morgan fingerprint density at radius 1 is 1.06 bits per heavy atom. The fraction of sp³-hybridized carbons (Fsp3) is 0.0714. The maximum absolute atomic E-state index is 10.6. The lowest BCUT2D eigenvalue weighted by Crippen LogP contribution is -1.96. The number of hydrogen-bond donors (Lipinski definition) is 0. The van der Waals surface area contributed by atoms with Crippen molar-refractivity contribution in [2.45, 2.75) is 6.61 Å². The van der Waals surface area contributed by atoms with Gasteiger partial charge in [0.2, 0.25) is 0 Å². The highest BCUT2D eigenvalue weighted by atomic mass is 79.9. The molecule has 0 aromatic heterocycles. The lowest BCUT2D eigenvalue weighted by atomic mass is 10.2. The second-order valence-corrected chi connectivity index (χ2v) is 5.49. The van der Waals surface area contributed by atoms with Crippen LogP contribution in [0.1, 0.15) is 15.9 Å². The largest absolute Gasteiger partial charge is 0.488 e. The van der Waals surface area contributed by atoms with E-state index in [2.05, 4.69) is 31.9 Å². The van der Waals surface area contributed by atoms with Crippen LogP contribution < -0.4 is 4.74 Å². The lowest BCUT2D eigenvalue weighted by molar-refractivity contribution is 0.112. The van der Waals surface area contributed by atoms with E-state index in [0.717, 1.165) is 26.5 Å². The van der Waals surface area contributed by atoms with E-state index in [1.807, 2.05) is 24.3 Å². The molecule has 0 atom stereocenters. The molecule has 0 aliphatic heterocycles. The molecule has 0 aliphatic carbocycles. The Bertz CT molecular complexity index is 550. The summed E-state index contributed by atoms with van der Waals surface area (Å²) in [6.07, 6.45) is 0.809. The first kappa shape index (κ1) is 13.3. The van der Waals surface area contributed by atoms with Crippen LogP contribution in [-0.4, -0.2) is 6.29 Å². The highest BCUT2D eigenvalue weighted by Crippen LogP contribution is 2.26. The molecule has 0 saturated heterocycles. The van der Waals surface area contributed by atoms with Crippen molar-refractivity contribution in [3.8, 4) is 5.75 Å². The fourth-order valence-electron chi connectivity index (χ4n) is 1.45. The van der Waals surface area contributed by atoms with Crippen LogP contribution in [0.25, 0.3) is 0 Å². The van der Waals surface area contributed by atoms with Gasteiger partial charge in [-0.2, -0.15) is 0 Å². The third kappa shape index (κ3) is 3.43. The Labute approximate surface area is 122 Å². The van der Waals surface area contributed by atoms with Gasteiger partial charge < -0.3 is 4.74 Å². The molecule has 0 unspecified atom stereocenters. The summed E-state index contributed by atoms with van der Waals surface area (Å²) in [6.45, 7) is 0.492. The second kappa shape index (κ2) is 6.16. The molecule has 0 fully saturated rings. The van der Waals surface area contributed by atoms with Crippen molar-refractivity contribution >= 4 is 38.1 Å². The predicted molar refractivity (Wildman–Crippen MR) is 78.0 cm³/mol. The molecule has 2 aromatic carbocycles. The summed E-state index contributed by atoms with van der Waals surface area (Å²) < 4.78 is 7.51. The van der Waals surface area contributed by atoms with Gasteiger partial charge >= 0.3 is 0 Å². The highest BCUT2D eigenvalue weighted by molar-refractivity contribution is 9.10. The third-order valence-electron chi connectivity index (χ3n) is 2.40. The molecule has 0 aliphatic rings. The van der Waals surface area contributed by atoms with Crippen LogP contribution >= 0.6 is 31.9 Å². The summed E-state index contributed by atoms with van der Waals surface area (Å²) in [7, 11) is 0. The van der Waals surface area contributed by atoms with Crippen LogP contribution in [0.15, 0.2) is 51.4 Å². The molecule has 2 nitrogen and oxygen atoms in total. The van der Waals surface area contributed by atoms with E-state index in [-0.39, 0.29) is 0 Å². The first-order valence-corrected chi connectivity index (χ1v) is 6.89. The van der Waals surface area contributed by atoms with E-state index in [1.165, 1.54) is 0 Å². The normalized spacial score (nSPS) is 10.1. The van der Waals surface area contributed by atoms with Gasteiger partial charge in [-0.1, -0.05) is 28.1 Å². The molecule has 0 N–H and O–H groups in total. The average molecular weight is 370 g/mol. The number of halogens is 2. The van der Waals surface area contributed by atoms with E-state index < -0.39 is 0 Å². The average Bonchev–Trinajstić information content (AvgIpc) is 2.39. The molecule has 18 heavy (non-hydrogen) atoms. The van der Waals surface area contributed by atoms with E-state index in [0.29, 0.717) is 12.2 Å². The van der Waals surface area contributed by atoms with E-state index in [4.69, 9.17) is 4.74 Å². The topological polar surface area (TPSA) is 26.3 Å². The zero-order valence-corrected chi connectivity index (χ0v) is 12.6. The van der Waals surface area contributed by atoms with Gasteiger partial charge in [-0.25, -0.2) is 0 Å². The maximum atomic E-state index is 10.6. The molecule has 4 heteroatoms. The van der Waals surface area contributed by atoms with Crippen LogP contribution in [0.5, 0.6) is 5.75 Å². The Morgan fingerprint density at radius 3 is 2.39 bits per heavy atom. The minimum Gasteiger partial charge on any atom is -0.488 e. The zero-order valence-electron chi connectivity index (χ0n) is 9.40. The van der Waals surface area contributed by atoms with Crippen LogP contribution in [0.4, 0.5) is 0 Å². The first-order valence-electron chi connectivity index (χ1n) is 5.31. The highest BCUT2D eigenvalue weighted by Gasteiger charge is 2.03. The number of carbonyl (C=O) groups is 1. The van der Waals surface area contributed by atoms with E-state index >= 15 is 0 Å². The lowest BCUT2D eigenvalue weighted by Gasteiger charge is -2.08. The van der Waals surface area contributed by atoms with Crippen molar-refractivity contribution in [1.82, 2.24) is 0 Å². The van der Waals surface area contributed by atoms with E-state index in [1.54, 1.807) is 18.2 Å². The Hall–Kier alpha value is -1.13. The molecule has 0 heterocycles. The molecule has 0 amide bonds. The fourth-order valence-corrected chi connectivity index (χ4v) is 2.22. The maximum Gasteiger partial charge on any atom is 0.150 e. The van der Waals surface area contributed by atoms with Crippen LogP contribution in [-0.2, 0) is 6.61 Å². The van der Waals surface area contributed by atoms with Gasteiger partial charge in [0.25, 0.3) is 0 Å². The van der Waals surface area contributed by atoms with Gasteiger partial charge in [-0.3, -0.25) is 4.79 Å². The molecule has 2 aromatic rings. The van der Waals surface area contributed by atoms with Crippen LogP contribution in [0, 0.1) is 0 Å². The summed E-state index contributed by atoms with van der Waals surface area (Å²) in [4.78, 5) is 10.6. The molecule has 0 spiro atoms. The molecule has 0 bridgehead atoms. The van der Waals surface area contributed by atoms with Crippen molar-refractivity contribution in [2.75, 3.05) is 0 Å². The molecule has 0 saturated carbocycles. The van der Waals surface area contributed by atoms with Gasteiger partial charge in [0.05, 0.1) is 4.47 Å². The minimum absolute atomic E-state index is 0.492. The Balaban J connectivity index is 2.06. The molecular formula is C14H10Br2O2. The second-order valence-electron chi connectivity index (χ2n) is 3.72. The van der Waals surface area contributed by atoms with Crippen LogP contribution in [0.3, 0.4) is 0 Å². The summed E-state index contributed by atoms with van der Waals surface area (Å²) in [5, 5.41) is 0. The Kier molecular flexibility index (Phi) is 4.55. The molecule has 0 radical (unpaired) electrons.